The lowest BCUT2D eigenvalue weighted by Crippen LogP contribution is -2.64. The molecule has 2 saturated heterocycles. The van der Waals surface area contributed by atoms with Crippen molar-refractivity contribution in [3.63, 3.8) is 0 Å². The minimum Gasteiger partial charge on any atom is -0.508 e. The summed E-state index contributed by atoms with van der Waals surface area (Å²) in [4.78, 5) is 97.0. The molecule has 0 saturated carbocycles. The van der Waals surface area contributed by atoms with Gasteiger partial charge >= 0.3 is 24.2 Å². The number of rotatable bonds is 27. The molecule has 25 nitrogen and oxygen atoms in total. The molecule has 29 heteroatoms. The van der Waals surface area contributed by atoms with Crippen molar-refractivity contribution in [2.45, 2.75) is 204 Å². The molecular formula is C94H141Cl3FN11O14. The Bertz CT molecular complexity index is 4450. The highest BCUT2D eigenvalue weighted by atomic mass is 35.5. The second-order valence-corrected chi connectivity index (χ2v) is 35.3. The van der Waals surface area contributed by atoms with Crippen LogP contribution < -0.4 is 10.1 Å². The van der Waals surface area contributed by atoms with Crippen molar-refractivity contribution in [3.05, 3.63) is 183 Å². The van der Waals surface area contributed by atoms with Gasteiger partial charge in [0.15, 0.2) is 0 Å². The number of imidazole rings is 2. The maximum absolute atomic E-state index is 14.9. The number of likely N-dealkylation sites (tertiary alicyclic amines) is 2. The van der Waals surface area contributed by atoms with Crippen LogP contribution in [0, 0.1) is 17.7 Å². The Kier molecular flexibility index (Phi) is 44.6. The molecule has 7 aromatic rings. The molecule has 9 rings (SSSR count). The van der Waals surface area contributed by atoms with Gasteiger partial charge in [-0.1, -0.05) is 115 Å². The topological polar surface area (TPSA) is 254 Å². The largest absolute Gasteiger partial charge is 0.508 e. The van der Waals surface area contributed by atoms with Crippen LogP contribution in [0.5, 0.6) is 17.2 Å². The van der Waals surface area contributed by atoms with Crippen LogP contribution in [0.1, 0.15) is 166 Å². The predicted octanol–water partition coefficient (Wildman–Crippen LogP) is 19.5. The van der Waals surface area contributed by atoms with Crippen LogP contribution in [0.4, 0.5) is 18.8 Å². The highest BCUT2D eigenvalue weighted by Gasteiger charge is 2.47. The minimum absolute atomic E-state index is 0. The van der Waals surface area contributed by atoms with Gasteiger partial charge in [0.1, 0.15) is 64.2 Å². The van der Waals surface area contributed by atoms with E-state index in [4.69, 9.17) is 68.0 Å². The number of hydrogen-bond acceptors (Lipinski definition) is 18. The normalized spacial score (nSPS) is 15.7. The number of amides is 5. The molecule has 5 amide bonds. The van der Waals surface area contributed by atoms with Crippen molar-refractivity contribution in [2.75, 3.05) is 103 Å². The first kappa shape index (κ1) is 110. The van der Waals surface area contributed by atoms with Crippen LogP contribution in [0.15, 0.2) is 134 Å². The van der Waals surface area contributed by atoms with Gasteiger partial charge in [-0.25, -0.2) is 28.7 Å². The minimum atomic E-state index is -0.976. The molecule has 5 aromatic carbocycles. The van der Waals surface area contributed by atoms with E-state index in [1.807, 2.05) is 209 Å². The van der Waals surface area contributed by atoms with E-state index >= 15 is 0 Å². The third-order valence-electron chi connectivity index (χ3n) is 19.9. The Morgan fingerprint density at radius 1 is 0.593 bits per heavy atom. The maximum atomic E-state index is 14.9. The first-order chi connectivity index (χ1) is 55.8. The van der Waals surface area contributed by atoms with Crippen LogP contribution in [-0.2, 0) is 89.3 Å². The quantitative estimate of drug-likeness (QED) is 0.0276. The van der Waals surface area contributed by atoms with E-state index in [9.17, 15) is 38.3 Å². The van der Waals surface area contributed by atoms with Crippen molar-refractivity contribution in [1.29, 1.82) is 0 Å². The van der Waals surface area contributed by atoms with E-state index in [0.29, 0.717) is 91.9 Å². The van der Waals surface area contributed by atoms with Crippen LogP contribution in [0.25, 0.3) is 22.5 Å². The monoisotopic (exact) mass is 1770 g/mol. The van der Waals surface area contributed by atoms with Gasteiger partial charge in [0, 0.05) is 100 Å². The molecule has 0 aliphatic carbocycles. The van der Waals surface area contributed by atoms with E-state index in [0.717, 1.165) is 71.2 Å². The molecule has 0 unspecified atom stereocenters. The van der Waals surface area contributed by atoms with Gasteiger partial charge in [0.2, 0.25) is 11.8 Å². The number of carbonyl (C=O) groups is 6. The highest BCUT2D eigenvalue weighted by Crippen LogP contribution is 2.38. The lowest BCUT2D eigenvalue weighted by atomic mass is 9.81. The molecule has 0 spiro atoms. The molecule has 5 atom stereocenters. The average Bonchev–Trinajstić information content (AvgIpc) is 1.69. The van der Waals surface area contributed by atoms with Crippen molar-refractivity contribution in [3.8, 4) is 39.8 Å². The van der Waals surface area contributed by atoms with Gasteiger partial charge in [0.05, 0.1) is 73.0 Å². The van der Waals surface area contributed by atoms with Gasteiger partial charge in [-0.15, -0.1) is 0 Å². The number of esters is 1. The van der Waals surface area contributed by atoms with Gasteiger partial charge < -0.3 is 82.1 Å². The first-order valence-electron chi connectivity index (χ1n) is 39.9. The number of aromatic hydroxyl groups is 1. The number of alkyl carbamates (subject to hydrolysis) is 1. The summed E-state index contributed by atoms with van der Waals surface area (Å²) in [5.41, 5.74) is 3.45. The van der Waals surface area contributed by atoms with Crippen LogP contribution in [-0.4, -0.2) is 226 Å². The zero-order valence-electron chi connectivity index (χ0n) is 73.3. The van der Waals surface area contributed by atoms with Crippen molar-refractivity contribution < 1.29 is 71.4 Å². The maximum Gasteiger partial charge on any atom is 0.410 e. The number of ether oxygens (including phenoxy) is 7. The second kappa shape index (κ2) is 50.0. The SMILES string of the molecule is C.C.C.C.C=CCOC(=O)N[C@@H](COC)C(=O)N(C)[C@@]1(Cc2ccc(Cl)cc2)CCCN(C(=O)OC(C)(C)C)C1.CN(C)Cc1ncc(-c2ccc(O)cc2)n1C.COC[C@H](C)C(=O)N(C)[C@@]1(Cc2ccc(Cl)cc2)CCCN(C(=O)OC(C)(C)C)C1.C[C@H](CCc1c(F)cc(Cl)cc1Oc1ccc(-c2cnc(CN(C)C)n2C)cc1)C(=O)OC(C)(C)C. The summed E-state index contributed by atoms with van der Waals surface area (Å²) in [5, 5.41) is 13.4. The molecule has 123 heavy (non-hydrogen) atoms. The third kappa shape index (κ3) is 34.3. The fraction of sp³-hybridized carbons (Fsp3) is 0.532. The highest BCUT2D eigenvalue weighted by molar-refractivity contribution is 6.31. The summed E-state index contributed by atoms with van der Waals surface area (Å²) in [5.74, 6) is 1.39. The van der Waals surface area contributed by atoms with E-state index in [1.165, 1.54) is 19.3 Å². The predicted molar refractivity (Wildman–Crippen MR) is 492 cm³/mol. The van der Waals surface area contributed by atoms with E-state index in [1.54, 1.807) is 66.1 Å². The standard InChI is InChI=1S/C28H35ClFN3O3.C26H38ClN3O6.C23H35ClN2O4.C13H17N3O.4CH4/c1-18(27(34)36-28(2,3)4)8-13-22-23(30)14-20(29)15-25(22)35-21-11-9-19(10-12-21)24-16-31-26(33(24)7)17-32(5)6;1-7-15-35-23(32)28-21(17-34-6)22(31)29(5)26(16-19-9-11-20(27)12-10-19)13-8-14-30(18-26)24(33)36-25(2,3)4;1-17(15-29-6)20(27)25(5)23(14-18-8-10-19(24)11-9-18)12-7-13-26(16-23)21(28)30-22(2,3)4;1-15(2)9-13-14-8-12(16(13)3)10-4-6-11(17)7-5-10;;;;/h9-12,14-16,18H,8,13,17H2,1-7H3;7,9-12,21H,1,8,13-18H2,2-6H3,(H,28,32);8-11,17H,7,12-16H2,1-6H3;4-8,17H,9H2,1-3H3;4*1H4/t18-;21-,26+;17-,23+;;;;;/m100...../s1. The number of methoxy groups -OCH3 is 2. The fourth-order valence-corrected chi connectivity index (χ4v) is 14.2. The Morgan fingerprint density at radius 3 is 1.42 bits per heavy atom. The number of nitrogens with zero attached hydrogens (tertiary/aromatic N) is 10. The van der Waals surface area contributed by atoms with Crippen LogP contribution in [0.2, 0.25) is 15.1 Å². The number of piperidine rings is 2. The summed E-state index contributed by atoms with van der Waals surface area (Å²) in [6, 6.07) is 31.7. The number of phenols is 1. The van der Waals surface area contributed by atoms with Gasteiger partial charge in [-0.3, -0.25) is 14.4 Å². The molecule has 2 aliphatic rings. The number of benzene rings is 5. The summed E-state index contributed by atoms with van der Waals surface area (Å²) in [7, 11) is 18.6. The number of aromatic nitrogens is 4. The molecule has 4 heterocycles. The van der Waals surface area contributed by atoms with Crippen LogP contribution in [0.3, 0.4) is 0 Å². The Labute approximate surface area is 747 Å². The summed E-state index contributed by atoms with van der Waals surface area (Å²) in [6.07, 6.45) is 8.40. The van der Waals surface area contributed by atoms with Gasteiger partial charge in [-0.2, -0.15) is 0 Å². The summed E-state index contributed by atoms with van der Waals surface area (Å²) in [6.45, 7) is 27.4. The zero-order chi connectivity index (χ0) is 88.5. The summed E-state index contributed by atoms with van der Waals surface area (Å²) >= 11 is 18.3. The Balaban J connectivity index is 0.000000564. The number of likely N-dealkylation sites (N-methyl/N-ethyl adjacent to an activating group) is 2. The lowest BCUT2D eigenvalue weighted by Gasteiger charge is -2.49. The van der Waals surface area contributed by atoms with Crippen molar-refractivity contribution >= 4 is 70.9 Å². The van der Waals surface area contributed by atoms with E-state index < -0.39 is 51.9 Å². The molecule has 2 N–H and O–H groups in total. The molecular weight excluding hydrogens is 1630 g/mol. The average molecular weight is 1770 g/mol. The van der Waals surface area contributed by atoms with Crippen LogP contribution >= 0.6 is 34.8 Å². The molecule has 2 aromatic heterocycles. The number of nitrogens with one attached hydrogen (secondary N) is 1. The third-order valence-corrected chi connectivity index (χ3v) is 20.6. The van der Waals surface area contributed by atoms with E-state index in [-0.39, 0.29) is 95.9 Å². The van der Waals surface area contributed by atoms with Crippen molar-refractivity contribution in [2.24, 2.45) is 25.9 Å². The second-order valence-electron chi connectivity index (χ2n) is 34.0. The number of hydrogen-bond donors (Lipinski definition) is 2. The molecule has 0 radical (unpaired) electrons. The Hall–Kier alpha value is -9.28. The zero-order valence-corrected chi connectivity index (χ0v) is 75.6. The summed E-state index contributed by atoms with van der Waals surface area (Å²) < 4.78 is 57.1. The van der Waals surface area contributed by atoms with Crippen molar-refractivity contribution in [1.82, 2.24) is 53.8 Å². The Morgan fingerprint density at radius 2 is 1.02 bits per heavy atom. The number of phenolic OH excluding ortho intramolecular Hbond substituents is 1. The fourth-order valence-electron chi connectivity index (χ4n) is 13.8. The molecule has 0 bridgehead atoms. The first-order valence-corrected chi connectivity index (χ1v) is 41.0. The molecule has 2 fully saturated rings. The number of carbonyl (C=O) groups excluding carboxylic acids is 6. The lowest BCUT2D eigenvalue weighted by molar-refractivity contribution is -0.159. The van der Waals surface area contributed by atoms with E-state index in [2.05, 4.69) is 40.8 Å². The molecule has 2 aliphatic heterocycles. The molecule has 684 valence electrons. The van der Waals surface area contributed by atoms with Gasteiger partial charge in [-0.05, 0) is 238 Å². The number of halogens is 4. The van der Waals surface area contributed by atoms with Gasteiger partial charge in [0.25, 0.3) is 0 Å². The smallest absolute Gasteiger partial charge is 0.410 e.